The van der Waals surface area contributed by atoms with Gasteiger partial charge in [0, 0.05) is 11.1 Å². The van der Waals surface area contributed by atoms with Crippen molar-refractivity contribution < 1.29 is 13.9 Å². The number of carbonyl (C=O) groups is 1. The first kappa shape index (κ1) is 21.9. The monoisotopic (exact) mass is 436 g/mol. The molecule has 0 radical (unpaired) electrons. The van der Waals surface area contributed by atoms with E-state index >= 15 is 0 Å². The van der Waals surface area contributed by atoms with Crippen molar-refractivity contribution >= 4 is 11.8 Å². The fraction of sp³-hybridized carbons (Fsp3) is 0.143. The molecule has 3 aromatic carbocycles. The normalized spacial score (nSPS) is 10.4. The van der Waals surface area contributed by atoms with Crippen LogP contribution in [0.15, 0.2) is 89.3 Å². The molecule has 0 atom stereocenters. The van der Waals surface area contributed by atoms with Gasteiger partial charge in [0.05, 0.1) is 13.0 Å². The highest BCUT2D eigenvalue weighted by atomic mass is 16.5. The Morgan fingerprint density at radius 2 is 1.58 bits per heavy atom. The van der Waals surface area contributed by atoms with Crippen LogP contribution < -0.4 is 10.1 Å². The second-order valence-corrected chi connectivity index (χ2v) is 7.50. The number of hydrogen-bond acceptors (Lipinski definition) is 4. The molecule has 0 aliphatic carbocycles. The molecule has 1 amide bonds. The van der Waals surface area contributed by atoms with Gasteiger partial charge in [-0.25, -0.2) is 0 Å². The van der Waals surface area contributed by atoms with E-state index in [1.807, 2.05) is 84.9 Å². The van der Waals surface area contributed by atoms with Crippen LogP contribution in [0.1, 0.15) is 24.5 Å². The zero-order valence-electron chi connectivity index (χ0n) is 18.4. The van der Waals surface area contributed by atoms with Gasteiger partial charge in [-0.05, 0) is 29.7 Å². The van der Waals surface area contributed by atoms with Crippen molar-refractivity contribution in [2.75, 3.05) is 11.9 Å². The fourth-order valence-corrected chi connectivity index (χ4v) is 3.57. The summed E-state index contributed by atoms with van der Waals surface area (Å²) in [5.41, 5.74) is 3.85. The van der Waals surface area contributed by atoms with Crippen LogP contribution >= 0.6 is 0 Å². The number of nitriles is 1. The molecule has 33 heavy (non-hydrogen) atoms. The molecule has 4 rings (SSSR count). The Kier molecular flexibility index (Phi) is 6.87. The standard InChI is InChI=1S/C28H24N2O3/c1-2-20-13-15-23(16-14-20)32-18-17-25(31)30-28-24(19-29)26(21-9-5-3-6-10-21)27(33-28)22-11-7-4-8-12-22/h3-16H,2,17-18H2,1H3,(H,30,31). The smallest absolute Gasteiger partial charge is 0.230 e. The van der Waals surface area contributed by atoms with Gasteiger partial charge >= 0.3 is 0 Å². The zero-order valence-corrected chi connectivity index (χ0v) is 18.4. The molecule has 0 saturated heterocycles. The van der Waals surface area contributed by atoms with Gasteiger partial charge in [-0.1, -0.05) is 79.7 Å². The summed E-state index contributed by atoms with van der Waals surface area (Å²) >= 11 is 0. The van der Waals surface area contributed by atoms with E-state index in [-0.39, 0.29) is 24.8 Å². The number of ether oxygens (including phenoxy) is 1. The van der Waals surface area contributed by atoms with Crippen molar-refractivity contribution in [2.45, 2.75) is 19.8 Å². The number of hydrogen-bond donors (Lipinski definition) is 1. The van der Waals surface area contributed by atoms with Crippen LogP contribution in [0.25, 0.3) is 22.5 Å². The molecule has 5 nitrogen and oxygen atoms in total. The molecule has 0 unspecified atom stereocenters. The van der Waals surface area contributed by atoms with Crippen LogP contribution in [0, 0.1) is 11.3 Å². The molecule has 1 aromatic heterocycles. The Labute approximate surface area is 193 Å². The third-order valence-electron chi connectivity index (χ3n) is 5.30. The number of amides is 1. The van der Waals surface area contributed by atoms with Crippen molar-refractivity contribution in [3.8, 4) is 34.3 Å². The summed E-state index contributed by atoms with van der Waals surface area (Å²) in [5.74, 6) is 1.12. The summed E-state index contributed by atoms with van der Waals surface area (Å²) < 4.78 is 11.7. The van der Waals surface area contributed by atoms with E-state index in [1.165, 1.54) is 5.56 Å². The van der Waals surface area contributed by atoms with E-state index in [0.717, 1.165) is 17.5 Å². The van der Waals surface area contributed by atoms with Crippen molar-refractivity contribution in [3.05, 3.63) is 96.1 Å². The first-order valence-electron chi connectivity index (χ1n) is 10.9. The molecule has 5 heteroatoms. The summed E-state index contributed by atoms with van der Waals surface area (Å²) in [6.07, 6.45) is 1.09. The minimum Gasteiger partial charge on any atom is -0.493 e. The van der Waals surface area contributed by atoms with Crippen molar-refractivity contribution in [2.24, 2.45) is 0 Å². The topological polar surface area (TPSA) is 75.3 Å². The minimum atomic E-state index is -0.287. The first-order valence-corrected chi connectivity index (χ1v) is 10.9. The van der Waals surface area contributed by atoms with Crippen LogP contribution in [-0.2, 0) is 11.2 Å². The highest BCUT2D eigenvalue weighted by molar-refractivity contribution is 5.95. The largest absolute Gasteiger partial charge is 0.493 e. The number of nitrogens with one attached hydrogen (secondary N) is 1. The third-order valence-corrected chi connectivity index (χ3v) is 5.30. The Morgan fingerprint density at radius 1 is 0.939 bits per heavy atom. The van der Waals surface area contributed by atoms with Gasteiger partial charge in [-0.15, -0.1) is 0 Å². The zero-order chi connectivity index (χ0) is 23.0. The lowest BCUT2D eigenvalue weighted by Crippen LogP contribution is -2.15. The number of furan rings is 1. The molecular formula is C28H24N2O3. The van der Waals surface area contributed by atoms with Gasteiger partial charge in [-0.2, -0.15) is 5.26 Å². The van der Waals surface area contributed by atoms with Crippen molar-refractivity contribution in [1.29, 1.82) is 5.26 Å². The van der Waals surface area contributed by atoms with Gasteiger partial charge in [0.15, 0.2) is 0 Å². The Morgan fingerprint density at radius 3 is 2.18 bits per heavy atom. The van der Waals surface area contributed by atoms with Gasteiger partial charge in [0.2, 0.25) is 11.8 Å². The number of nitrogens with zero attached hydrogens (tertiary/aromatic N) is 1. The number of aryl methyl sites for hydroxylation is 1. The SMILES string of the molecule is CCc1ccc(OCCC(=O)Nc2oc(-c3ccccc3)c(-c3ccccc3)c2C#N)cc1. The second-order valence-electron chi connectivity index (χ2n) is 7.50. The van der Waals surface area contributed by atoms with Crippen LogP contribution in [-0.4, -0.2) is 12.5 Å². The highest BCUT2D eigenvalue weighted by Crippen LogP contribution is 2.41. The van der Waals surface area contributed by atoms with E-state index in [4.69, 9.17) is 9.15 Å². The van der Waals surface area contributed by atoms with Crippen LogP contribution in [0.4, 0.5) is 5.88 Å². The van der Waals surface area contributed by atoms with E-state index in [1.54, 1.807) is 0 Å². The molecular weight excluding hydrogens is 412 g/mol. The molecule has 0 aliphatic rings. The van der Waals surface area contributed by atoms with Gasteiger partial charge in [0.1, 0.15) is 23.1 Å². The van der Waals surface area contributed by atoms with Crippen molar-refractivity contribution in [3.63, 3.8) is 0 Å². The Hall–Kier alpha value is -4.30. The quantitative estimate of drug-likeness (QED) is 0.344. The second kappa shape index (κ2) is 10.3. The molecule has 0 spiro atoms. The lowest BCUT2D eigenvalue weighted by molar-refractivity contribution is -0.116. The minimum absolute atomic E-state index is 0.127. The average molecular weight is 437 g/mol. The van der Waals surface area contributed by atoms with Gasteiger partial charge in [0.25, 0.3) is 0 Å². The molecule has 0 fully saturated rings. The maximum Gasteiger partial charge on any atom is 0.230 e. The predicted octanol–water partition coefficient (Wildman–Crippen LogP) is 6.46. The number of rotatable bonds is 8. The van der Waals surface area contributed by atoms with E-state index < -0.39 is 0 Å². The van der Waals surface area contributed by atoms with E-state index in [9.17, 15) is 10.1 Å². The summed E-state index contributed by atoms with van der Waals surface area (Å²) in [5, 5.41) is 12.7. The van der Waals surface area contributed by atoms with E-state index in [0.29, 0.717) is 22.6 Å². The Balaban J connectivity index is 1.54. The van der Waals surface area contributed by atoms with Gasteiger partial charge < -0.3 is 9.15 Å². The Bertz CT molecular complexity index is 1250. The molecule has 1 heterocycles. The fourth-order valence-electron chi connectivity index (χ4n) is 3.57. The van der Waals surface area contributed by atoms with Crippen LogP contribution in [0.2, 0.25) is 0 Å². The first-order chi connectivity index (χ1) is 16.2. The molecule has 0 bridgehead atoms. The molecule has 0 saturated carbocycles. The van der Waals surface area contributed by atoms with Crippen LogP contribution in [0.3, 0.4) is 0 Å². The number of benzene rings is 3. The van der Waals surface area contributed by atoms with E-state index in [2.05, 4.69) is 18.3 Å². The number of carbonyl (C=O) groups excluding carboxylic acids is 1. The molecule has 4 aromatic rings. The molecule has 0 aliphatic heterocycles. The van der Waals surface area contributed by atoms with Gasteiger partial charge in [-0.3, -0.25) is 10.1 Å². The molecule has 1 N–H and O–H groups in total. The summed E-state index contributed by atoms with van der Waals surface area (Å²) in [7, 11) is 0. The maximum absolute atomic E-state index is 12.6. The lowest BCUT2D eigenvalue weighted by Gasteiger charge is -2.07. The lowest BCUT2D eigenvalue weighted by atomic mass is 9.98. The third kappa shape index (κ3) is 5.13. The highest BCUT2D eigenvalue weighted by Gasteiger charge is 2.24. The number of anilines is 1. The van der Waals surface area contributed by atoms with Crippen molar-refractivity contribution in [1.82, 2.24) is 0 Å². The summed E-state index contributed by atoms with van der Waals surface area (Å²) in [6, 6.07) is 29.1. The summed E-state index contributed by atoms with van der Waals surface area (Å²) in [4.78, 5) is 12.6. The van der Waals surface area contributed by atoms with Crippen LogP contribution in [0.5, 0.6) is 5.75 Å². The maximum atomic E-state index is 12.6. The summed E-state index contributed by atoms with van der Waals surface area (Å²) in [6.45, 7) is 2.31. The predicted molar refractivity (Wildman–Crippen MR) is 129 cm³/mol. The molecule has 164 valence electrons. The average Bonchev–Trinajstić information content (AvgIpc) is 3.23.